The van der Waals surface area contributed by atoms with Gasteiger partial charge in [0.25, 0.3) is 0 Å². The van der Waals surface area contributed by atoms with E-state index in [1.54, 1.807) is 0 Å². The molecule has 8 nitrogen and oxygen atoms in total. The maximum atomic E-state index is 13.7. The first-order valence-corrected chi connectivity index (χ1v) is 12.8. The summed E-state index contributed by atoms with van der Waals surface area (Å²) in [7, 11) is -4.22. The molecule has 0 aliphatic carbocycles. The van der Waals surface area contributed by atoms with Crippen molar-refractivity contribution in [3.8, 4) is 11.5 Å². The highest BCUT2D eigenvalue weighted by molar-refractivity contribution is 7.93. The van der Waals surface area contributed by atoms with Gasteiger partial charge in [-0.3, -0.25) is 9.78 Å². The van der Waals surface area contributed by atoms with Gasteiger partial charge in [-0.2, -0.15) is 13.2 Å². The number of benzene rings is 2. The van der Waals surface area contributed by atoms with E-state index in [0.717, 1.165) is 24.3 Å². The van der Waals surface area contributed by atoms with E-state index in [-0.39, 0.29) is 42.3 Å². The second-order valence-electron chi connectivity index (χ2n) is 8.50. The fraction of sp³-hybridized carbons (Fsp3) is 0.280. The lowest BCUT2D eigenvalue weighted by molar-refractivity contribution is -0.137. The highest BCUT2D eigenvalue weighted by Gasteiger charge is 2.52. The van der Waals surface area contributed by atoms with Crippen LogP contribution in [0.2, 0.25) is 0 Å². The molecular formula is C25H24F3N3O5S. The Hall–Kier alpha value is -3.48. The number of carbonyl (C=O) groups is 1. The summed E-state index contributed by atoms with van der Waals surface area (Å²) in [6.45, 7) is 0.570. The molecule has 0 spiro atoms. The van der Waals surface area contributed by atoms with Gasteiger partial charge in [-0.25, -0.2) is 8.42 Å². The van der Waals surface area contributed by atoms with Gasteiger partial charge in [-0.05, 0) is 86.6 Å². The summed E-state index contributed by atoms with van der Waals surface area (Å²) in [5.74, 6) is -0.470. The third kappa shape index (κ3) is 5.60. The molecule has 1 fully saturated rings. The monoisotopic (exact) mass is 535 g/mol. The first-order valence-electron chi connectivity index (χ1n) is 11.3. The van der Waals surface area contributed by atoms with Crippen LogP contribution in [0.25, 0.3) is 0 Å². The fourth-order valence-corrected chi connectivity index (χ4v) is 6.08. The first-order chi connectivity index (χ1) is 17.5. The third-order valence-corrected chi connectivity index (χ3v) is 8.70. The Labute approximate surface area is 211 Å². The van der Waals surface area contributed by atoms with E-state index in [1.807, 2.05) is 0 Å². The van der Waals surface area contributed by atoms with Crippen molar-refractivity contribution in [2.45, 2.75) is 34.9 Å². The second kappa shape index (κ2) is 10.5. The van der Waals surface area contributed by atoms with E-state index in [2.05, 4.69) is 15.6 Å². The summed E-state index contributed by atoms with van der Waals surface area (Å²) in [5, 5.41) is 15.9. The van der Waals surface area contributed by atoms with Crippen LogP contribution in [0.15, 0.2) is 78.0 Å². The van der Waals surface area contributed by atoms with Gasteiger partial charge >= 0.3 is 6.18 Å². The molecule has 1 amide bonds. The molecule has 12 heteroatoms. The largest absolute Gasteiger partial charge is 0.457 e. The van der Waals surface area contributed by atoms with Gasteiger partial charge in [0.2, 0.25) is 5.91 Å². The van der Waals surface area contributed by atoms with Crippen LogP contribution in [-0.2, 0) is 20.8 Å². The number of nitrogens with one attached hydrogen (secondary N) is 2. The normalized spacial score (nSPS) is 16.5. The number of aliphatic hydroxyl groups is 1. The number of halogens is 3. The third-order valence-electron chi connectivity index (χ3n) is 6.18. The average Bonchev–Trinajstić information content (AvgIpc) is 2.89. The van der Waals surface area contributed by atoms with Crippen molar-refractivity contribution in [3.63, 3.8) is 0 Å². The van der Waals surface area contributed by atoms with Crippen molar-refractivity contribution in [3.05, 3.63) is 84.2 Å². The number of nitrogens with zero attached hydrogens (tertiary/aromatic N) is 1. The molecular weight excluding hydrogens is 511 g/mol. The summed E-state index contributed by atoms with van der Waals surface area (Å²) in [6.07, 6.45) is -3.02. The van der Waals surface area contributed by atoms with Crippen LogP contribution in [0, 0.1) is 0 Å². The first kappa shape index (κ1) is 26.6. The summed E-state index contributed by atoms with van der Waals surface area (Å²) in [4.78, 5) is 17.1. The SMILES string of the molecule is O=C(NC(O)c1ccncc1)C1(S(=O)(=O)c2ccc(Oc3ccc(C(F)(F)F)cc3)cc2)CCNCC1. The molecule has 3 aromatic rings. The summed E-state index contributed by atoms with van der Waals surface area (Å²) >= 11 is 0. The predicted molar refractivity (Wildman–Crippen MR) is 127 cm³/mol. The minimum absolute atomic E-state index is 0.00592. The average molecular weight is 536 g/mol. The Kier molecular flexibility index (Phi) is 7.53. The van der Waals surface area contributed by atoms with Crippen LogP contribution in [0.4, 0.5) is 13.2 Å². The van der Waals surface area contributed by atoms with E-state index in [9.17, 15) is 31.5 Å². The lowest BCUT2D eigenvalue weighted by atomic mass is 9.95. The zero-order valence-electron chi connectivity index (χ0n) is 19.4. The van der Waals surface area contributed by atoms with Crippen molar-refractivity contribution < 1.29 is 36.2 Å². The molecule has 1 unspecified atom stereocenters. The molecule has 0 bridgehead atoms. The topological polar surface area (TPSA) is 118 Å². The van der Waals surface area contributed by atoms with E-state index in [0.29, 0.717) is 5.56 Å². The standard InChI is InChI=1S/C25H24F3N3O5S/c26-25(27,28)18-1-3-19(4-2-18)36-20-5-7-21(8-6-20)37(34,35)24(11-15-30-16-12-24)23(33)31-22(32)17-9-13-29-14-10-17/h1-10,13-14,22,30,32H,11-12,15-16H2,(H,31,33). The van der Waals surface area contributed by atoms with Gasteiger partial charge in [0, 0.05) is 18.0 Å². The Balaban J connectivity index is 1.55. The number of ether oxygens (including phenoxy) is 1. The number of pyridine rings is 1. The number of sulfone groups is 1. The predicted octanol–water partition coefficient (Wildman–Crippen LogP) is 3.60. The molecule has 1 aliphatic rings. The van der Waals surface area contributed by atoms with E-state index in [1.165, 1.54) is 48.8 Å². The van der Waals surface area contributed by atoms with Gasteiger partial charge in [0.05, 0.1) is 10.5 Å². The van der Waals surface area contributed by atoms with E-state index < -0.39 is 38.5 Å². The molecule has 3 N–H and O–H groups in total. The molecule has 1 saturated heterocycles. The molecule has 2 heterocycles. The number of carbonyl (C=O) groups excluding carboxylic acids is 1. The van der Waals surface area contributed by atoms with Crippen molar-refractivity contribution in [2.24, 2.45) is 0 Å². The quantitative estimate of drug-likeness (QED) is 0.396. The zero-order valence-corrected chi connectivity index (χ0v) is 20.2. The highest BCUT2D eigenvalue weighted by atomic mass is 32.2. The van der Waals surface area contributed by atoms with Crippen molar-refractivity contribution >= 4 is 15.7 Å². The molecule has 0 radical (unpaired) electrons. The number of hydrogen-bond donors (Lipinski definition) is 3. The molecule has 1 aromatic heterocycles. The molecule has 2 aromatic carbocycles. The Bertz CT molecular complexity index is 1330. The van der Waals surface area contributed by atoms with Crippen LogP contribution in [0.1, 0.15) is 30.2 Å². The maximum absolute atomic E-state index is 13.7. The number of aromatic nitrogens is 1. The molecule has 196 valence electrons. The number of piperidine rings is 1. The van der Waals surface area contributed by atoms with Crippen molar-refractivity contribution in [2.75, 3.05) is 13.1 Å². The van der Waals surface area contributed by atoms with Crippen LogP contribution in [-0.4, -0.2) is 42.3 Å². The maximum Gasteiger partial charge on any atom is 0.416 e. The van der Waals surface area contributed by atoms with Crippen molar-refractivity contribution in [1.82, 2.24) is 15.6 Å². The Morgan fingerprint density at radius 1 is 0.973 bits per heavy atom. The summed E-state index contributed by atoms with van der Waals surface area (Å²) in [6, 6.07) is 12.4. The van der Waals surface area contributed by atoms with Gasteiger partial charge < -0.3 is 20.5 Å². The highest BCUT2D eigenvalue weighted by Crippen LogP contribution is 2.36. The fourth-order valence-electron chi connectivity index (χ4n) is 4.09. The van der Waals surface area contributed by atoms with Gasteiger partial charge in [0.15, 0.2) is 20.8 Å². The lowest BCUT2D eigenvalue weighted by Gasteiger charge is -2.36. The molecule has 37 heavy (non-hydrogen) atoms. The lowest BCUT2D eigenvalue weighted by Crippen LogP contribution is -2.58. The summed E-state index contributed by atoms with van der Waals surface area (Å²) < 4.78 is 69.5. The summed E-state index contributed by atoms with van der Waals surface area (Å²) in [5.41, 5.74) is -0.463. The molecule has 1 aliphatic heterocycles. The van der Waals surface area contributed by atoms with Crippen LogP contribution < -0.4 is 15.4 Å². The minimum Gasteiger partial charge on any atom is -0.457 e. The minimum atomic E-state index is -4.47. The molecule has 0 saturated carbocycles. The van der Waals surface area contributed by atoms with Gasteiger partial charge in [-0.15, -0.1) is 0 Å². The number of alkyl halides is 3. The smallest absolute Gasteiger partial charge is 0.416 e. The number of rotatable bonds is 7. The molecule has 4 rings (SSSR count). The Morgan fingerprint density at radius 2 is 1.51 bits per heavy atom. The number of aliphatic hydroxyl groups excluding tert-OH is 1. The van der Waals surface area contributed by atoms with Crippen LogP contribution in [0.3, 0.4) is 0 Å². The van der Waals surface area contributed by atoms with Gasteiger partial charge in [0.1, 0.15) is 11.5 Å². The zero-order chi connectivity index (χ0) is 26.7. The van der Waals surface area contributed by atoms with Gasteiger partial charge in [-0.1, -0.05) is 0 Å². The van der Waals surface area contributed by atoms with Crippen molar-refractivity contribution in [1.29, 1.82) is 0 Å². The van der Waals surface area contributed by atoms with E-state index in [4.69, 9.17) is 4.74 Å². The Morgan fingerprint density at radius 3 is 2.05 bits per heavy atom. The second-order valence-corrected chi connectivity index (χ2v) is 10.8. The number of amides is 1. The van der Waals surface area contributed by atoms with Crippen LogP contribution in [0.5, 0.6) is 11.5 Å². The molecule has 1 atom stereocenters. The van der Waals surface area contributed by atoms with E-state index >= 15 is 0 Å². The van der Waals surface area contributed by atoms with Crippen LogP contribution >= 0.6 is 0 Å². The number of hydrogen-bond acceptors (Lipinski definition) is 7.